The maximum absolute atomic E-state index is 5.03. The highest BCUT2D eigenvalue weighted by Crippen LogP contribution is 2.41. The standard InChI is InChI=1S/C10H21NO/c1-10(2,7-8-12-11)9-5-3-4-6-9/h9H,3-8,11H2,1-2H3. The van der Waals surface area contributed by atoms with E-state index >= 15 is 0 Å². The zero-order chi connectivity index (χ0) is 9.03. The van der Waals surface area contributed by atoms with E-state index in [2.05, 4.69) is 18.7 Å². The third kappa shape index (κ3) is 2.46. The summed E-state index contributed by atoms with van der Waals surface area (Å²) in [6.07, 6.45) is 6.72. The molecule has 0 aromatic heterocycles. The Labute approximate surface area is 75.4 Å². The smallest absolute Gasteiger partial charge is 0.0684 e. The molecule has 1 aliphatic carbocycles. The molecule has 0 spiro atoms. The summed E-state index contributed by atoms with van der Waals surface area (Å²) in [7, 11) is 0. The molecule has 12 heavy (non-hydrogen) atoms. The molecule has 1 saturated carbocycles. The zero-order valence-electron chi connectivity index (χ0n) is 8.31. The molecule has 0 bridgehead atoms. The summed E-state index contributed by atoms with van der Waals surface area (Å²) < 4.78 is 0. The van der Waals surface area contributed by atoms with Crippen LogP contribution in [-0.4, -0.2) is 6.61 Å². The molecule has 0 atom stereocenters. The molecule has 0 amide bonds. The third-order valence-electron chi connectivity index (χ3n) is 3.32. The van der Waals surface area contributed by atoms with Crippen molar-refractivity contribution in [1.29, 1.82) is 0 Å². The van der Waals surface area contributed by atoms with Crippen LogP contribution in [0.5, 0.6) is 0 Å². The number of rotatable bonds is 4. The number of nitrogens with two attached hydrogens (primary N) is 1. The van der Waals surface area contributed by atoms with Gasteiger partial charge in [-0.25, -0.2) is 5.90 Å². The Morgan fingerprint density at radius 3 is 2.42 bits per heavy atom. The van der Waals surface area contributed by atoms with E-state index in [1.54, 1.807) is 0 Å². The predicted octanol–water partition coefficient (Wildman–Crippen LogP) is 2.48. The lowest BCUT2D eigenvalue weighted by molar-refractivity contribution is 0.0826. The van der Waals surface area contributed by atoms with Gasteiger partial charge in [0, 0.05) is 0 Å². The van der Waals surface area contributed by atoms with Gasteiger partial charge in [-0.2, -0.15) is 0 Å². The van der Waals surface area contributed by atoms with Crippen LogP contribution in [0.1, 0.15) is 46.0 Å². The second-order valence-corrected chi connectivity index (χ2v) is 4.59. The van der Waals surface area contributed by atoms with Gasteiger partial charge in [0.25, 0.3) is 0 Å². The van der Waals surface area contributed by atoms with Crippen LogP contribution in [0.15, 0.2) is 0 Å². The van der Waals surface area contributed by atoms with Crippen LogP contribution in [0.3, 0.4) is 0 Å². The SMILES string of the molecule is CC(C)(CCON)C1CCCC1. The van der Waals surface area contributed by atoms with Crippen LogP contribution in [-0.2, 0) is 4.84 Å². The molecular weight excluding hydrogens is 150 g/mol. The minimum absolute atomic E-state index is 0.426. The van der Waals surface area contributed by atoms with Gasteiger partial charge in [0.2, 0.25) is 0 Å². The fraction of sp³-hybridized carbons (Fsp3) is 1.00. The molecule has 0 aliphatic heterocycles. The normalized spacial score (nSPS) is 20.2. The van der Waals surface area contributed by atoms with Crippen molar-refractivity contribution in [3.63, 3.8) is 0 Å². The molecule has 2 heteroatoms. The first kappa shape index (κ1) is 10.0. The van der Waals surface area contributed by atoms with E-state index in [4.69, 9.17) is 5.90 Å². The first-order chi connectivity index (χ1) is 5.67. The van der Waals surface area contributed by atoms with Gasteiger partial charge in [-0.1, -0.05) is 26.7 Å². The van der Waals surface area contributed by atoms with Crippen LogP contribution in [0, 0.1) is 11.3 Å². The minimum Gasteiger partial charge on any atom is -0.305 e. The molecule has 1 aliphatic rings. The second kappa shape index (κ2) is 4.24. The average molecular weight is 171 g/mol. The van der Waals surface area contributed by atoms with Crippen molar-refractivity contribution in [2.24, 2.45) is 17.2 Å². The third-order valence-corrected chi connectivity index (χ3v) is 3.32. The summed E-state index contributed by atoms with van der Waals surface area (Å²) in [5.74, 6) is 5.93. The monoisotopic (exact) mass is 171 g/mol. The van der Waals surface area contributed by atoms with Crippen LogP contribution in [0.25, 0.3) is 0 Å². The fourth-order valence-electron chi connectivity index (χ4n) is 2.23. The molecule has 0 aromatic rings. The Balaban J connectivity index is 2.34. The van der Waals surface area contributed by atoms with Gasteiger partial charge in [0.15, 0.2) is 0 Å². The Morgan fingerprint density at radius 1 is 1.33 bits per heavy atom. The molecule has 1 fully saturated rings. The highest BCUT2D eigenvalue weighted by molar-refractivity contribution is 4.81. The van der Waals surface area contributed by atoms with E-state index in [1.807, 2.05) is 0 Å². The Kier molecular flexibility index (Phi) is 3.53. The molecule has 2 nitrogen and oxygen atoms in total. The van der Waals surface area contributed by atoms with Gasteiger partial charge in [-0.15, -0.1) is 0 Å². The Hall–Kier alpha value is -0.0800. The first-order valence-electron chi connectivity index (χ1n) is 4.98. The second-order valence-electron chi connectivity index (χ2n) is 4.59. The summed E-state index contributed by atoms with van der Waals surface area (Å²) in [5, 5.41) is 0. The van der Waals surface area contributed by atoms with E-state index in [0.717, 1.165) is 12.3 Å². The molecule has 0 unspecified atom stereocenters. The van der Waals surface area contributed by atoms with Crippen molar-refractivity contribution in [1.82, 2.24) is 0 Å². The van der Waals surface area contributed by atoms with Gasteiger partial charge in [0.1, 0.15) is 0 Å². The van der Waals surface area contributed by atoms with E-state index in [0.29, 0.717) is 12.0 Å². The molecule has 2 N–H and O–H groups in total. The summed E-state index contributed by atoms with van der Waals surface area (Å²) in [6.45, 7) is 5.37. The van der Waals surface area contributed by atoms with Crippen molar-refractivity contribution in [3.05, 3.63) is 0 Å². The van der Waals surface area contributed by atoms with Crippen molar-refractivity contribution >= 4 is 0 Å². The maximum atomic E-state index is 5.03. The van der Waals surface area contributed by atoms with Gasteiger partial charge in [-0.3, -0.25) is 0 Å². The molecular formula is C10H21NO. The van der Waals surface area contributed by atoms with Crippen molar-refractivity contribution < 1.29 is 4.84 Å². The van der Waals surface area contributed by atoms with Crippen molar-refractivity contribution in [2.75, 3.05) is 6.61 Å². The lowest BCUT2D eigenvalue weighted by Crippen LogP contribution is -2.24. The fourth-order valence-corrected chi connectivity index (χ4v) is 2.23. The summed E-state index contributed by atoms with van der Waals surface area (Å²) in [4.78, 5) is 4.64. The molecule has 0 saturated heterocycles. The van der Waals surface area contributed by atoms with Crippen LogP contribution in [0.2, 0.25) is 0 Å². The highest BCUT2D eigenvalue weighted by atomic mass is 16.6. The topological polar surface area (TPSA) is 35.2 Å². The number of hydrogen-bond donors (Lipinski definition) is 1. The van der Waals surface area contributed by atoms with E-state index in [9.17, 15) is 0 Å². The van der Waals surface area contributed by atoms with Crippen molar-refractivity contribution in [3.8, 4) is 0 Å². The quantitative estimate of drug-likeness (QED) is 0.659. The average Bonchev–Trinajstić information content (AvgIpc) is 2.53. The van der Waals surface area contributed by atoms with Gasteiger partial charge >= 0.3 is 0 Å². The molecule has 1 rings (SSSR count). The molecule has 0 heterocycles. The van der Waals surface area contributed by atoms with Crippen LogP contribution < -0.4 is 5.90 Å². The number of hydrogen-bond acceptors (Lipinski definition) is 2. The lowest BCUT2D eigenvalue weighted by atomic mass is 9.75. The van der Waals surface area contributed by atoms with Gasteiger partial charge in [0.05, 0.1) is 6.61 Å². The minimum atomic E-state index is 0.426. The maximum Gasteiger partial charge on any atom is 0.0684 e. The van der Waals surface area contributed by atoms with Gasteiger partial charge in [-0.05, 0) is 30.6 Å². The van der Waals surface area contributed by atoms with Crippen LogP contribution in [0.4, 0.5) is 0 Å². The zero-order valence-corrected chi connectivity index (χ0v) is 8.31. The highest BCUT2D eigenvalue weighted by Gasteiger charge is 2.31. The van der Waals surface area contributed by atoms with Gasteiger partial charge < -0.3 is 4.84 Å². The largest absolute Gasteiger partial charge is 0.305 e. The van der Waals surface area contributed by atoms with E-state index in [-0.39, 0.29) is 0 Å². The summed E-state index contributed by atoms with van der Waals surface area (Å²) >= 11 is 0. The predicted molar refractivity (Wildman–Crippen MR) is 50.5 cm³/mol. The van der Waals surface area contributed by atoms with E-state index < -0.39 is 0 Å². The molecule has 0 aromatic carbocycles. The Morgan fingerprint density at radius 2 is 1.92 bits per heavy atom. The lowest BCUT2D eigenvalue weighted by Gasteiger charge is -2.31. The van der Waals surface area contributed by atoms with Crippen molar-refractivity contribution in [2.45, 2.75) is 46.0 Å². The van der Waals surface area contributed by atoms with E-state index in [1.165, 1.54) is 25.7 Å². The molecule has 0 radical (unpaired) electrons. The molecule has 72 valence electrons. The summed E-state index contributed by atoms with van der Waals surface area (Å²) in [5.41, 5.74) is 0.426. The van der Waals surface area contributed by atoms with Crippen LogP contribution >= 0.6 is 0 Å². The Bertz CT molecular complexity index is 128. The summed E-state index contributed by atoms with van der Waals surface area (Å²) in [6, 6.07) is 0. The first-order valence-corrected chi connectivity index (χ1v) is 4.98.